The molecule has 0 atom stereocenters. The molecular formula is C42H56O15. The molecule has 314 valence electrons. The van der Waals surface area contributed by atoms with Crippen LogP contribution in [0.25, 0.3) is 0 Å². The number of ether oxygens (including phenoxy) is 6. The molecule has 0 N–H and O–H groups in total. The summed E-state index contributed by atoms with van der Waals surface area (Å²) < 4.78 is 32.9. The molecule has 0 radical (unpaired) electrons. The van der Waals surface area contributed by atoms with Gasteiger partial charge in [0, 0.05) is 5.41 Å². The lowest BCUT2D eigenvalue weighted by Gasteiger charge is -2.32. The highest BCUT2D eigenvalue weighted by Gasteiger charge is 2.31. The fraction of sp³-hybridized carbons (Fsp3) is 0.500. The van der Waals surface area contributed by atoms with Crippen LogP contribution in [-0.4, -0.2) is 77.9 Å². The van der Waals surface area contributed by atoms with E-state index in [1.54, 1.807) is 41.5 Å². The van der Waals surface area contributed by atoms with Crippen molar-refractivity contribution in [3.8, 4) is 0 Å². The molecule has 0 aliphatic heterocycles. The van der Waals surface area contributed by atoms with Crippen LogP contribution in [0.5, 0.6) is 0 Å². The first-order valence-electron chi connectivity index (χ1n) is 18.7. The van der Waals surface area contributed by atoms with Crippen LogP contribution < -0.4 is 0 Å². The van der Waals surface area contributed by atoms with Gasteiger partial charge in [-0.25, -0.2) is 14.4 Å². The van der Waals surface area contributed by atoms with E-state index in [0.717, 1.165) is 16.7 Å². The van der Waals surface area contributed by atoms with Gasteiger partial charge in [-0.3, -0.25) is 14.7 Å². The minimum atomic E-state index is -1.02. The number of carbonyl (C=O) groups is 3. The highest BCUT2D eigenvalue weighted by molar-refractivity contribution is 5.59. The van der Waals surface area contributed by atoms with E-state index in [1.807, 2.05) is 97.9 Å². The highest BCUT2D eigenvalue weighted by Crippen LogP contribution is 2.27. The maximum absolute atomic E-state index is 12.2. The molecule has 3 aromatic rings. The molecule has 57 heavy (non-hydrogen) atoms. The van der Waals surface area contributed by atoms with E-state index in [1.165, 1.54) is 0 Å². The van der Waals surface area contributed by atoms with Gasteiger partial charge in [0.05, 0.1) is 39.6 Å². The average molecular weight is 801 g/mol. The van der Waals surface area contributed by atoms with Gasteiger partial charge in [0.25, 0.3) is 0 Å². The summed E-state index contributed by atoms with van der Waals surface area (Å²) in [5.74, 6) is 0. The van der Waals surface area contributed by atoms with Crippen LogP contribution in [0.2, 0.25) is 0 Å². The van der Waals surface area contributed by atoms with Gasteiger partial charge >= 0.3 is 18.5 Å². The maximum atomic E-state index is 12.2. The molecule has 0 fully saturated rings. The molecule has 0 heterocycles. The van der Waals surface area contributed by atoms with Crippen molar-refractivity contribution in [1.29, 1.82) is 0 Å². The quantitative estimate of drug-likeness (QED) is 0.0263. The second-order valence-electron chi connectivity index (χ2n) is 14.4. The predicted octanol–water partition coefficient (Wildman–Crippen LogP) is 8.49. The lowest BCUT2D eigenvalue weighted by molar-refractivity contribution is -0.322. The molecule has 3 aromatic carbocycles. The van der Waals surface area contributed by atoms with E-state index >= 15 is 0 Å². The first kappa shape index (κ1) is 46.6. The topological polar surface area (TPSA) is 162 Å². The van der Waals surface area contributed by atoms with Gasteiger partial charge in [0.1, 0.15) is 36.6 Å². The summed E-state index contributed by atoms with van der Waals surface area (Å²) in [7, 11) is 0. The normalized spacial score (nSPS) is 12.1. The number of hydrogen-bond donors (Lipinski definition) is 0. The monoisotopic (exact) mass is 800 g/mol. The van der Waals surface area contributed by atoms with Gasteiger partial charge < -0.3 is 28.4 Å². The van der Waals surface area contributed by atoms with E-state index < -0.39 is 40.7 Å². The summed E-state index contributed by atoms with van der Waals surface area (Å²) >= 11 is 0. The van der Waals surface area contributed by atoms with Crippen LogP contribution in [0.15, 0.2) is 91.0 Å². The van der Waals surface area contributed by atoms with Crippen LogP contribution in [0.3, 0.4) is 0 Å². The van der Waals surface area contributed by atoms with Crippen LogP contribution in [-0.2, 0) is 74.5 Å². The van der Waals surface area contributed by atoms with Crippen molar-refractivity contribution < 1.29 is 72.1 Å². The van der Waals surface area contributed by atoms with E-state index in [0.29, 0.717) is 6.42 Å². The molecule has 0 aromatic heterocycles. The van der Waals surface area contributed by atoms with E-state index in [-0.39, 0.29) is 59.5 Å². The molecule has 0 saturated heterocycles. The van der Waals surface area contributed by atoms with E-state index in [2.05, 4.69) is 0 Å². The zero-order valence-electron chi connectivity index (χ0n) is 33.9. The Bertz CT molecular complexity index is 1410. The molecule has 0 amide bonds. The second kappa shape index (κ2) is 23.5. The third kappa shape index (κ3) is 17.1. The summed E-state index contributed by atoms with van der Waals surface area (Å²) in [6, 6.07) is 27.9. The van der Waals surface area contributed by atoms with Crippen LogP contribution >= 0.6 is 0 Å². The molecule has 3 rings (SSSR count). The number of rotatable bonds is 25. The predicted molar refractivity (Wildman–Crippen MR) is 204 cm³/mol. The third-order valence-electron chi connectivity index (χ3n) is 8.68. The van der Waals surface area contributed by atoms with Crippen molar-refractivity contribution in [3.63, 3.8) is 0 Å². The van der Waals surface area contributed by atoms with Crippen molar-refractivity contribution in [1.82, 2.24) is 0 Å². The standard InChI is InChI=1S/C42H56O15/c1-8-42(30-46-24-27-49-36(43)52-55-39(2,3)33-18-12-9-13-19-33,31-47-25-28-50-37(44)53-56-40(4,5)34-20-14-10-15-21-34)32-48-26-29-51-38(45)54-57-41(6,7)35-22-16-11-17-23-35/h9-23H,8,24-32H2,1-7H3. The first-order valence-corrected chi connectivity index (χ1v) is 18.7. The Morgan fingerprint density at radius 1 is 0.421 bits per heavy atom. The Labute approximate surface area is 334 Å². The van der Waals surface area contributed by atoms with Gasteiger partial charge in [0.2, 0.25) is 0 Å². The lowest BCUT2D eigenvalue weighted by atomic mass is 9.88. The number of carbonyl (C=O) groups excluding carboxylic acids is 3. The Morgan fingerprint density at radius 2 is 0.684 bits per heavy atom. The fourth-order valence-electron chi connectivity index (χ4n) is 5.00. The second-order valence-corrected chi connectivity index (χ2v) is 14.4. The minimum Gasteiger partial charge on any atom is -0.430 e. The molecular weight excluding hydrogens is 744 g/mol. The highest BCUT2D eigenvalue weighted by atomic mass is 17.2. The summed E-state index contributed by atoms with van der Waals surface area (Å²) in [6.07, 6.45) is -2.52. The number of hydrogen-bond acceptors (Lipinski definition) is 15. The van der Waals surface area contributed by atoms with Gasteiger partial charge in [0.15, 0.2) is 0 Å². The summed E-state index contributed by atoms with van der Waals surface area (Å²) in [5.41, 5.74) is -0.942. The Balaban J connectivity index is 1.43. The average Bonchev–Trinajstić information content (AvgIpc) is 3.21. The van der Waals surface area contributed by atoms with Crippen molar-refractivity contribution in [3.05, 3.63) is 108 Å². The zero-order valence-corrected chi connectivity index (χ0v) is 33.9. The molecule has 0 saturated carbocycles. The fourth-order valence-corrected chi connectivity index (χ4v) is 5.00. The first-order chi connectivity index (χ1) is 27.2. The smallest absolute Gasteiger partial charge is 0.430 e. The summed E-state index contributed by atoms with van der Waals surface area (Å²) in [6.45, 7) is 12.6. The maximum Gasteiger partial charge on any atom is 0.540 e. The number of benzene rings is 3. The van der Waals surface area contributed by atoms with Gasteiger partial charge in [-0.15, -0.1) is 0 Å². The Morgan fingerprint density at radius 3 is 0.930 bits per heavy atom. The zero-order chi connectivity index (χ0) is 41.6. The van der Waals surface area contributed by atoms with Crippen molar-refractivity contribution >= 4 is 18.5 Å². The molecule has 15 nitrogen and oxygen atoms in total. The molecule has 0 unspecified atom stereocenters. The largest absolute Gasteiger partial charge is 0.540 e. The van der Waals surface area contributed by atoms with Gasteiger partial charge in [-0.2, -0.15) is 14.7 Å². The van der Waals surface area contributed by atoms with Gasteiger partial charge in [-0.05, 0) is 64.7 Å². The van der Waals surface area contributed by atoms with Crippen molar-refractivity contribution in [2.45, 2.75) is 71.7 Å². The molecule has 15 heteroatoms. The van der Waals surface area contributed by atoms with Crippen molar-refractivity contribution in [2.75, 3.05) is 59.5 Å². The molecule has 0 aliphatic rings. The third-order valence-corrected chi connectivity index (χ3v) is 8.68. The molecule has 0 aliphatic carbocycles. The Hall–Kier alpha value is -4.77. The lowest BCUT2D eigenvalue weighted by Crippen LogP contribution is -2.38. The molecule has 0 bridgehead atoms. The minimum absolute atomic E-state index is 0.0293. The Kier molecular flexibility index (Phi) is 19.2. The van der Waals surface area contributed by atoms with Crippen LogP contribution in [0.1, 0.15) is 71.6 Å². The van der Waals surface area contributed by atoms with Crippen LogP contribution in [0, 0.1) is 5.41 Å². The van der Waals surface area contributed by atoms with E-state index in [4.69, 9.17) is 57.7 Å². The SMILES string of the molecule is CCC(COCCOC(=O)OOC(C)(C)c1ccccc1)(COCCOC(=O)OOC(C)(C)c1ccccc1)COCCOC(=O)OOC(C)(C)c1ccccc1. The molecule has 0 spiro atoms. The van der Waals surface area contributed by atoms with Crippen molar-refractivity contribution in [2.24, 2.45) is 5.41 Å². The van der Waals surface area contributed by atoms with E-state index in [9.17, 15) is 14.4 Å². The van der Waals surface area contributed by atoms with Gasteiger partial charge in [-0.1, -0.05) is 97.9 Å². The summed E-state index contributed by atoms with van der Waals surface area (Å²) in [5, 5.41) is 0. The summed E-state index contributed by atoms with van der Waals surface area (Å²) in [4.78, 5) is 67.1. The van der Waals surface area contributed by atoms with Crippen LogP contribution in [0.4, 0.5) is 14.4 Å².